The van der Waals surface area contributed by atoms with Crippen molar-refractivity contribution < 1.29 is 9.90 Å². The topological polar surface area (TPSA) is 64.6 Å². The van der Waals surface area contributed by atoms with Crippen LogP contribution >= 0.6 is 15.9 Å². The van der Waals surface area contributed by atoms with Gasteiger partial charge in [-0.1, -0.05) is 42.9 Å². The molecule has 148 valence electrons. The summed E-state index contributed by atoms with van der Waals surface area (Å²) in [5.41, 5.74) is 3.32. The van der Waals surface area contributed by atoms with Gasteiger partial charge in [-0.2, -0.15) is 0 Å². The van der Waals surface area contributed by atoms with Gasteiger partial charge in [-0.25, -0.2) is 0 Å². The molecule has 2 rings (SSSR count). The molecule has 1 heterocycles. The van der Waals surface area contributed by atoms with Crippen LogP contribution in [0.25, 0.3) is 5.70 Å². The Bertz CT molecular complexity index is 709. The van der Waals surface area contributed by atoms with Gasteiger partial charge < -0.3 is 20.6 Å². The summed E-state index contributed by atoms with van der Waals surface area (Å²) in [7, 11) is 0. The van der Waals surface area contributed by atoms with Crippen molar-refractivity contribution in [3.8, 4) is 0 Å². The van der Waals surface area contributed by atoms with Crippen LogP contribution in [0.2, 0.25) is 0 Å². The number of anilines is 1. The predicted octanol–water partition coefficient (Wildman–Crippen LogP) is 3.82. The second-order valence-electron chi connectivity index (χ2n) is 7.57. The van der Waals surface area contributed by atoms with E-state index in [0.717, 1.165) is 34.5 Å². The Labute approximate surface area is 170 Å². The van der Waals surface area contributed by atoms with Crippen molar-refractivity contribution in [2.24, 2.45) is 11.8 Å². The monoisotopic (exact) mass is 435 g/mol. The summed E-state index contributed by atoms with van der Waals surface area (Å²) in [6, 6.07) is 5.38. The quantitative estimate of drug-likeness (QED) is 0.608. The molecule has 3 atom stereocenters. The third-order valence-corrected chi connectivity index (χ3v) is 5.31. The van der Waals surface area contributed by atoms with E-state index in [2.05, 4.69) is 58.5 Å². The second kappa shape index (κ2) is 9.42. The lowest BCUT2D eigenvalue weighted by molar-refractivity contribution is -0.119. The van der Waals surface area contributed by atoms with E-state index in [0.29, 0.717) is 17.5 Å². The van der Waals surface area contributed by atoms with Crippen molar-refractivity contribution in [2.45, 2.75) is 33.2 Å². The van der Waals surface area contributed by atoms with Crippen molar-refractivity contribution in [2.75, 3.05) is 25.0 Å². The molecule has 1 aliphatic heterocycles. The molecule has 1 aliphatic rings. The summed E-state index contributed by atoms with van der Waals surface area (Å²) in [4.78, 5) is 13.7. The van der Waals surface area contributed by atoms with E-state index < -0.39 is 6.04 Å². The van der Waals surface area contributed by atoms with E-state index in [4.69, 9.17) is 0 Å². The summed E-state index contributed by atoms with van der Waals surface area (Å²) in [5, 5.41) is 15.5. The summed E-state index contributed by atoms with van der Waals surface area (Å²) >= 11 is 3.55. The molecule has 1 aromatic carbocycles. The van der Waals surface area contributed by atoms with E-state index in [1.807, 2.05) is 18.2 Å². The molecule has 6 heteroatoms. The maximum atomic E-state index is 11.3. The Morgan fingerprint density at radius 1 is 1.33 bits per heavy atom. The zero-order valence-corrected chi connectivity index (χ0v) is 18.0. The minimum Gasteiger partial charge on any atom is -0.394 e. The van der Waals surface area contributed by atoms with Crippen molar-refractivity contribution in [1.29, 1.82) is 0 Å². The molecular formula is C21H30BrN3O2. The van der Waals surface area contributed by atoms with Crippen LogP contribution in [0.3, 0.4) is 0 Å². The molecule has 5 nitrogen and oxygen atoms in total. The van der Waals surface area contributed by atoms with Gasteiger partial charge in [0, 0.05) is 47.1 Å². The van der Waals surface area contributed by atoms with Gasteiger partial charge in [-0.3, -0.25) is 4.79 Å². The summed E-state index contributed by atoms with van der Waals surface area (Å²) in [6.07, 6.45) is 1.24. The molecule has 0 aliphatic carbocycles. The third-order valence-electron chi connectivity index (χ3n) is 4.82. The van der Waals surface area contributed by atoms with Gasteiger partial charge in [0.2, 0.25) is 5.91 Å². The number of halogens is 1. The van der Waals surface area contributed by atoms with Crippen molar-refractivity contribution in [3.05, 3.63) is 47.1 Å². The van der Waals surface area contributed by atoms with Crippen LogP contribution in [-0.2, 0) is 4.79 Å². The summed E-state index contributed by atoms with van der Waals surface area (Å²) in [5.74, 6) is 1.04. The van der Waals surface area contributed by atoms with Crippen molar-refractivity contribution in [3.63, 3.8) is 0 Å². The van der Waals surface area contributed by atoms with Crippen LogP contribution in [-0.4, -0.2) is 41.7 Å². The first kappa shape index (κ1) is 21.5. The number of carbonyl (C=O) groups excluding carboxylic acids is 1. The average Bonchev–Trinajstić information content (AvgIpc) is 2.59. The fourth-order valence-corrected chi connectivity index (χ4v) is 4.03. The van der Waals surface area contributed by atoms with E-state index in [9.17, 15) is 9.90 Å². The number of piperidine rings is 1. The molecule has 27 heavy (non-hydrogen) atoms. The van der Waals surface area contributed by atoms with E-state index in [-0.39, 0.29) is 12.5 Å². The molecule has 0 radical (unpaired) electrons. The zero-order valence-electron chi connectivity index (χ0n) is 16.4. The highest BCUT2D eigenvalue weighted by Gasteiger charge is 2.24. The highest BCUT2D eigenvalue weighted by Crippen LogP contribution is 2.33. The van der Waals surface area contributed by atoms with Crippen LogP contribution in [0.5, 0.6) is 0 Å². The Hall–Kier alpha value is -1.79. The molecule has 0 spiro atoms. The number of aliphatic hydroxyl groups is 1. The lowest BCUT2D eigenvalue weighted by atomic mass is 9.91. The minimum absolute atomic E-state index is 0.214. The molecule has 0 aromatic heterocycles. The zero-order chi connectivity index (χ0) is 20.1. The number of aliphatic hydroxyl groups excluding tert-OH is 1. The number of nitrogens with one attached hydrogen (secondary N) is 2. The maximum absolute atomic E-state index is 11.3. The summed E-state index contributed by atoms with van der Waals surface area (Å²) < 4.78 is 0.966. The highest BCUT2D eigenvalue weighted by atomic mass is 79.9. The van der Waals surface area contributed by atoms with Crippen LogP contribution in [0.15, 0.2) is 41.5 Å². The number of amides is 1. The first-order valence-corrected chi connectivity index (χ1v) is 10.1. The predicted molar refractivity (Wildman–Crippen MR) is 115 cm³/mol. The van der Waals surface area contributed by atoms with Crippen LogP contribution < -0.4 is 10.6 Å². The number of hydrogen-bond acceptors (Lipinski definition) is 4. The largest absolute Gasteiger partial charge is 0.394 e. The van der Waals surface area contributed by atoms with Crippen LogP contribution in [0.4, 0.5) is 5.69 Å². The molecule has 1 amide bonds. The third kappa shape index (κ3) is 5.84. The Kier molecular flexibility index (Phi) is 7.50. The minimum atomic E-state index is -0.553. The van der Waals surface area contributed by atoms with Gasteiger partial charge in [0.25, 0.3) is 0 Å². The molecule has 1 saturated heterocycles. The highest BCUT2D eigenvalue weighted by molar-refractivity contribution is 9.10. The van der Waals surface area contributed by atoms with E-state index in [1.165, 1.54) is 13.3 Å². The van der Waals surface area contributed by atoms with Gasteiger partial charge in [0.15, 0.2) is 0 Å². The number of nitrogens with zero attached hydrogens (tertiary/aromatic N) is 1. The van der Waals surface area contributed by atoms with Crippen molar-refractivity contribution in [1.82, 2.24) is 10.2 Å². The Balaban J connectivity index is 2.24. The van der Waals surface area contributed by atoms with Gasteiger partial charge in [0.1, 0.15) is 0 Å². The number of likely N-dealkylation sites (tertiary alicyclic amines) is 1. The van der Waals surface area contributed by atoms with E-state index in [1.54, 1.807) is 0 Å². The molecule has 0 saturated carbocycles. The van der Waals surface area contributed by atoms with E-state index >= 15 is 0 Å². The van der Waals surface area contributed by atoms with Crippen molar-refractivity contribution >= 4 is 33.2 Å². The SMILES string of the molecule is C=C(Nc1ccc(Br)cc1C(=C)N1C[C@H](C)C[C@H](C)C1)C(CO)NC(C)=O. The molecule has 1 aromatic rings. The number of rotatable bonds is 7. The first-order valence-electron chi connectivity index (χ1n) is 9.28. The molecule has 1 fully saturated rings. The lowest BCUT2D eigenvalue weighted by Gasteiger charge is -2.38. The van der Waals surface area contributed by atoms with Crippen LogP contribution in [0.1, 0.15) is 32.8 Å². The number of carbonyl (C=O) groups is 1. The fraction of sp³-hybridized carbons (Fsp3) is 0.476. The second-order valence-corrected chi connectivity index (χ2v) is 8.49. The lowest BCUT2D eigenvalue weighted by Crippen LogP contribution is -2.39. The average molecular weight is 436 g/mol. The van der Waals surface area contributed by atoms with Crippen LogP contribution in [0, 0.1) is 11.8 Å². The Morgan fingerprint density at radius 3 is 2.52 bits per heavy atom. The Morgan fingerprint density at radius 2 is 1.96 bits per heavy atom. The van der Waals surface area contributed by atoms with Gasteiger partial charge >= 0.3 is 0 Å². The number of hydrogen-bond donors (Lipinski definition) is 3. The standard InChI is InChI=1S/C21H30BrN3O2/c1-13-8-14(2)11-25(10-13)16(4)19-9-18(22)6-7-20(19)23-15(3)21(12-26)24-17(5)27/h6-7,9,13-14,21,23,26H,3-4,8,10-12H2,1-2,5H3,(H,24,27)/t13-,14+,21?. The molecule has 0 bridgehead atoms. The summed E-state index contributed by atoms with van der Waals surface area (Å²) in [6.45, 7) is 16.1. The maximum Gasteiger partial charge on any atom is 0.217 e. The van der Waals surface area contributed by atoms with Gasteiger partial charge in [-0.05, 0) is 36.5 Å². The molecule has 1 unspecified atom stereocenters. The molecular weight excluding hydrogens is 406 g/mol. The fourth-order valence-electron chi connectivity index (χ4n) is 3.67. The number of benzene rings is 1. The van der Waals surface area contributed by atoms with Gasteiger partial charge in [0.05, 0.1) is 12.6 Å². The normalized spacial score (nSPS) is 20.7. The first-order chi connectivity index (χ1) is 12.7. The molecule has 3 N–H and O–H groups in total. The smallest absolute Gasteiger partial charge is 0.217 e. The van der Waals surface area contributed by atoms with Gasteiger partial charge in [-0.15, -0.1) is 0 Å².